The van der Waals surface area contributed by atoms with E-state index in [-0.39, 0.29) is 24.0 Å². The van der Waals surface area contributed by atoms with Gasteiger partial charge in [-0.2, -0.15) is 0 Å². The van der Waals surface area contributed by atoms with Crippen LogP contribution < -0.4 is 15.4 Å². The summed E-state index contributed by atoms with van der Waals surface area (Å²) in [6.07, 6.45) is 0.154. The molecule has 0 aliphatic heterocycles. The number of amides is 2. The maximum absolute atomic E-state index is 13.1. The van der Waals surface area contributed by atoms with E-state index in [4.69, 9.17) is 4.74 Å². The first-order valence-corrected chi connectivity index (χ1v) is 6.98. The van der Waals surface area contributed by atoms with Gasteiger partial charge in [0.25, 0.3) is 0 Å². The van der Waals surface area contributed by atoms with Gasteiger partial charge in [-0.25, -0.2) is 4.39 Å². The van der Waals surface area contributed by atoms with E-state index in [1.807, 2.05) is 0 Å². The van der Waals surface area contributed by atoms with Crippen LogP contribution in [0.4, 0.5) is 15.8 Å². The summed E-state index contributed by atoms with van der Waals surface area (Å²) < 4.78 is 18.2. The van der Waals surface area contributed by atoms with Crippen molar-refractivity contribution in [2.24, 2.45) is 0 Å². The Morgan fingerprint density at radius 3 is 2.39 bits per heavy atom. The number of methoxy groups -OCH3 is 1. The zero-order chi connectivity index (χ0) is 16.8. The van der Waals surface area contributed by atoms with Gasteiger partial charge >= 0.3 is 0 Å². The quantitative estimate of drug-likeness (QED) is 0.891. The van der Waals surface area contributed by atoms with Crippen LogP contribution in [0.5, 0.6) is 5.75 Å². The summed E-state index contributed by atoms with van der Waals surface area (Å²) in [7, 11) is 1.41. The molecular formula is C17H17FN2O3. The summed E-state index contributed by atoms with van der Waals surface area (Å²) >= 11 is 0. The van der Waals surface area contributed by atoms with Crippen molar-refractivity contribution < 1.29 is 18.7 Å². The van der Waals surface area contributed by atoms with E-state index in [0.29, 0.717) is 11.4 Å². The molecule has 0 saturated heterocycles. The highest BCUT2D eigenvalue weighted by atomic mass is 19.1. The van der Waals surface area contributed by atoms with Crippen LogP contribution >= 0.6 is 0 Å². The second-order valence-corrected chi connectivity index (χ2v) is 4.95. The molecule has 6 heteroatoms. The molecule has 0 aliphatic carbocycles. The molecule has 0 atom stereocenters. The highest BCUT2D eigenvalue weighted by Gasteiger charge is 2.09. The SMILES string of the molecule is COc1cc(F)ccc1NC(=O)Cc1ccc(NC(C)=O)cc1. The van der Waals surface area contributed by atoms with Crippen molar-refractivity contribution in [1.29, 1.82) is 0 Å². The molecular weight excluding hydrogens is 299 g/mol. The monoisotopic (exact) mass is 316 g/mol. The molecule has 0 fully saturated rings. The van der Waals surface area contributed by atoms with E-state index >= 15 is 0 Å². The molecule has 0 heterocycles. The minimum absolute atomic E-state index is 0.154. The largest absolute Gasteiger partial charge is 0.494 e. The fourth-order valence-electron chi connectivity index (χ4n) is 2.06. The molecule has 2 amide bonds. The second kappa shape index (κ2) is 7.40. The number of benzene rings is 2. The van der Waals surface area contributed by atoms with Crippen molar-refractivity contribution in [3.63, 3.8) is 0 Å². The molecule has 23 heavy (non-hydrogen) atoms. The first-order valence-electron chi connectivity index (χ1n) is 6.98. The number of halogens is 1. The third-order valence-corrected chi connectivity index (χ3v) is 3.08. The van der Waals surface area contributed by atoms with Crippen LogP contribution in [0.3, 0.4) is 0 Å². The molecule has 120 valence electrons. The highest BCUT2D eigenvalue weighted by molar-refractivity contribution is 5.94. The predicted molar refractivity (Wildman–Crippen MR) is 86.0 cm³/mol. The first kappa shape index (κ1) is 16.5. The Balaban J connectivity index is 2.01. The second-order valence-electron chi connectivity index (χ2n) is 4.95. The van der Waals surface area contributed by atoms with E-state index in [2.05, 4.69) is 10.6 Å². The van der Waals surface area contributed by atoms with Crippen molar-refractivity contribution in [2.75, 3.05) is 17.7 Å². The Bertz CT molecular complexity index is 714. The fourth-order valence-corrected chi connectivity index (χ4v) is 2.06. The van der Waals surface area contributed by atoms with Gasteiger partial charge in [-0.1, -0.05) is 12.1 Å². The lowest BCUT2D eigenvalue weighted by Gasteiger charge is -2.10. The minimum atomic E-state index is -0.437. The Labute approximate surface area is 133 Å². The van der Waals surface area contributed by atoms with E-state index in [1.165, 1.54) is 32.2 Å². The molecule has 2 aromatic carbocycles. The average Bonchev–Trinajstić information content (AvgIpc) is 2.50. The average molecular weight is 316 g/mol. The maximum atomic E-state index is 13.1. The number of hydrogen-bond donors (Lipinski definition) is 2. The van der Waals surface area contributed by atoms with Gasteiger partial charge in [-0.15, -0.1) is 0 Å². The molecule has 2 aromatic rings. The molecule has 2 rings (SSSR count). The van der Waals surface area contributed by atoms with Crippen molar-refractivity contribution >= 4 is 23.2 Å². The Hall–Kier alpha value is -2.89. The number of ether oxygens (including phenoxy) is 1. The molecule has 0 unspecified atom stereocenters. The lowest BCUT2D eigenvalue weighted by atomic mass is 10.1. The fraction of sp³-hybridized carbons (Fsp3) is 0.176. The van der Waals surface area contributed by atoms with Gasteiger partial charge in [-0.05, 0) is 29.8 Å². The summed E-state index contributed by atoms with van der Waals surface area (Å²) in [5.41, 5.74) is 1.87. The molecule has 0 spiro atoms. The summed E-state index contributed by atoms with van der Waals surface area (Å²) in [5.74, 6) is -0.575. The number of hydrogen-bond acceptors (Lipinski definition) is 3. The van der Waals surface area contributed by atoms with Gasteiger partial charge in [0.15, 0.2) is 0 Å². The van der Waals surface area contributed by atoms with Gasteiger partial charge in [-0.3, -0.25) is 9.59 Å². The van der Waals surface area contributed by atoms with Gasteiger partial charge in [0.1, 0.15) is 11.6 Å². The van der Waals surface area contributed by atoms with Crippen LogP contribution in [-0.4, -0.2) is 18.9 Å². The topological polar surface area (TPSA) is 67.4 Å². The summed E-state index contributed by atoms with van der Waals surface area (Å²) in [6.45, 7) is 1.43. The molecule has 0 aromatic heterocycles. The van der Waals surface area contributed by atoms with Gasteiger partial charge < -0.3 is 15.4 Å². The lowest BCUT2D eigenvalue weighted by molar-refractivity contribution is -0.116. The van der Waals surface area contributed by atoms with Crippen LogP contribution in [0, 0.1) is 5.82 Å². The number of carbonyl (C=O) groups excluding carboxylic acids is 2. The molecule has 2 N–H and O–H groups in total. The van der Waals surface area contributed by atoms with E-state index in [9.17, 15) is 14.0 Å². The number of nitrogens with one attached hydrogen (secondary N) is 2. The summed E-state index contributed by atoms with van der Waals surface area (Å²) in [5, 5.41) is 5.34. The molecule has 0 radical (unpaired) electrons. The normalized spacial score (nSPS) is 10.0. The van der Waals surface area contributed by atoms with Crippen LogP contribution in [0.15, 0.2) is 42.5 Å². The minimum Gasteiger partial charge on any atom is -0.494 e. The van der Waals surface area contributed by atoms with Crippen LogP contribution in [0.2, 0.25) is 0 Å². The van der Waals surface area contributed by atoms with E-state index < -0.39 is 5.82 Å². The van der Waals surface area contributed by atoms with E-state index in [0.717, 1.165) is 5.56 Å². The first-order chi connectivity index (χ1) is 11.0. The molecule has 0 bridgehead atoms. The Morgan fingerprint density at radius 2 is 1.78 bits per heavy atom. The van der Waals surface area contributed by atoms with Crippen molar-refractivity contribution in [3.05, 3.63) is 53.8 Å². The van der Waals surface area contributed by atoms with Gasteiger partial charge in [0.05, 0.1) is 19.2 Å². The maximum Gasteiger partial charge on any atom is 0.228 e. The zero-order valence-electron chi connectivity index (χ0n) is 12.9. The Morgan fingerprint density at radius 1 is 1.09 bits per heavy atom. The summed E-state index contributed by atoms with van der Waals surface area (Å²) in [6, 6.07) is 10.9. The highest BCUT2D eigenvalue weighted by Crippen LogP contribution is 2.25. The lowest BCUT2D eigenvalue weighted by Crippen LogP contribution is -2.15. The predicted octanol–water partition coefficient (Wildman–Crippen LogP) is 2.97. The number of rotatable bonds is 5. The molecule has 5 nitrogen and oxygen atoms in total. The number of anilines is 2. The smallest absolute Gasteiger partial charge is 0.228 e. The van der Waals surface area contributed by atoms with Crippen LogP contribution in [0.1, 0.15) is 12.5 Å². The Kier molecular flexibility index (Phi) is 5.30. The molecule has 0 aliphatic rings. The molecule has 0 saturated carbocycles. The zero-order valence-corrected chi connectivity index (χ0v) is 12.9. The number of carbonyl (C=O) groups is 2. The standard InChI is InChI=1S/C17H17FN2O3/c1-11(21)19-14-6-3-12(4-7-14)9-17(22)20-15-8-5-13(18)10-16(15)23-2/h3-8,10H,9H2,1-2H3,(H,19,21)(H,20,22). The third kappa shape index (κ3) is 4.81. The van der Waals surface area contributed by atoms with Gasteiger partial charge in [0, 0.05) is 18.7 Å². The van der Waals surface area contributed by atoms with Crippen molar-refractivity contribution in [1.82, 2.24) is 0 Å². The van der Waals surface area contributed by atoms with Crippen molar-refractivity contribution in [3.8, 4) is 5.75 Å². The third-order valence-electron chi connectivity index (χ3n) is 3.08. The van der Waals surface area contributed by atoms with Crippen LogP contribution in [-0.2, 0) is 16.0 Å². The van der Waals surface area contributed by atoms with Crippen molar-refractivity contribution in [2.45, 2.75) is 13.3 Å². The van der Waals surface area contributed by atoms with Gasteiger partial charge in [0.2, 0.25) is 11.8 Å². The summed E-state index contributed by atoms with van der Waals surface area (Å²) in [4.78, 5) is 23.0. The van der Waals surface area contributed by atoms with Crippen LogP contribution in [0.25, 0.3) is 0 Å². The van der Waals surface area contributed by atoms with E-state index in [1.54, 1.807) is 24.3 Å².